The van der Waals surface area contributed by atoms with Crippen molar-refractivity contribution in [1.82, 2.24) is 0 Å². The molecule has 0 saturated carbocycles. The third kappa shape index (κ3) is 4.54. The second kappa shape index (κ2) is 11.1. The normalized spacial score (nSPS) is 19.8. The molecule has 0 aromatic heterocycles. The van der Waals surface area contributed by atoms with Crippen LogP contribution in [0.3, 0.4) is 0 Å². The van der Waals surface area contributed by atoms with Crippen LogP contribution in [0.25, 0.3) is 0 Å². The topological polar surface area (TPSA) is 0 Å². The fourth-order valence-corrected chi connectivity index (χ4v) is 13.1. The monoisotopic (exact) mass is 646 g/mol. The van der Waals surface area contributed by atoms with E-state index in [0.29, 0.717) is 0 Å². The molecule has 2 atom stereocenters. The third-order valence-electron chi connectivity index (χ3n) is 6.23. The van der Waals surface area contributed by atoms with E-state index in [4.69, 9.17) is 0 Å². The molecular weight excluding hydrogens is 638 g/mol. The predicted molar refractivity (Wildman–Crippen MR) is 103 cm³/mol. The number of unbranched alkanes of at least 4 members (excludes halogenated alkanes) is 1. The van der Waals surface area contributed by atoms with Gasteiger partial charge >= 0.3 is 212 Å². The summed E-state index contributed by atoms with van der Waals surface area (Å²) in [5.74, 6) is -41.5. The summed E-state index contributed by atoms with van der Waals surface area (Å²) >= 11 is -6.90. The average Bonchev–Trinajstić information content (AvgIpc) is 2.92. The van der Waals surface area contributed by atoms with Crippen LogP contribution in [-0.4, -0.2) is 29.1 Å². The van der Waals surface area contributed by atoms with Gasteiger partial charge in [0.25, 0.3) is 0 Å². The number of rotatable bonds is 7. The van der Waals surface area contributed by atoms with Crippen LogP contribution in [0, 0.1) is 58.2 Å². The molecule has 0 fully saturated rings. The Labute approximate surface area is 212 Å². The van der Waals surface area contributed by atoms with Gasteiger partial charge in [0.05, 0.1) is 0 Å². The molecule has 0 radical (unpaired) electrons. The van der Waals surface area contributed by atoms with Crippen LogP contribution < -0.4 is 8.24 Å². The molecule has 39 heavy (non-hydrogen) atoms. The fourth-order valence-electron chi connectivity index (χ4n) is 4.43. The number of halogens is 16. The Kier molecular flexibility index (Phi) is 8.84. The van der Waals surface area contributed by atoms with Crippen LogP contribution in [0.5, 0.6) is 0 Å². The molecule has 2 aromatic rings. The van der Waals surface area contributed by atoms with Crippen molar-refractivity contribution in [2.24, 2.45) is 0 Å². The van der Waals surface area contributed by atoms with Gasteiger partial charge in [-0.25, -0.2) is 0 Å². The zero-order valence-corrected chi connectivity index (χ0v) is 21.0. The first-order chi connectivity index (χ1) is 18.1. The van der Waals surface area contributed by atoms with Gasteiger partial charge in [0.15, 0.2) is 0 Å². The minimum absolute atomic E-state index is 0.805. The first kappa shape index (κ1) is 31.0. The molecule has 3 rings (SSSR count). The molecule has 0 bridgehead atoms. The fraction of sp³-hybridized carbons (Fsp3) is 0.273. The molecular formula is C22H9F16Ga. The maximum atomic E-state index is 15.5. The van der Waals surface area contributed by atoms with E-state index in [0.717, 1.165) is 0 Å². The van der Waals surface area contributed by atoms with E-state index < -0.39 is 142 Å². The third-order valence-corrected chi connectivity index (χ3v) is 14.7. The molecule has 1 aliphatic rings. The molecule has 17 heteroatoms. The van der Waals surface area contributed by atoms with Crippen LogP contribution in [0.2, 0.25) is 3.97 Å². The molecule has 0 heterocycles. The van der Waals surface area contributed by atoms with Gasteiger partial charge < -0.3 is 0 Å². The van der Waals surface area contributed by atoms with E-state index >= 15 is 8.78 Å². The van der Waals surface area contributed by atoms with Crippen molar-refractivity contribution in [3.05, 3.63) is 81.5 Å². The second-order valence-electron chi connectivity index (χ2n) is 8.24. The van der Waals surface area contributed by atoms with Crippen LogP contribution >= 0.6 is 0 Å². The van der Waals surface area contributed by atoms with Gasteiger partial charge in [-0.15, -0.1) is 0 Å². The van der Waals surface area contributed by atoms with Gasteiger partial charge in [0.2, 0.25) is 0 Å². The summed E-state index contributed by atoms with van der Waals surface area (Å²) in [4.78, 5) is 0. The Morgan fingerprint density at radius 2 is 0.872 bits per heavy atom. The quantitative estimate of drug-likeness (QED) is 0.0980. The number of alkyl halides is 2. The molecule has 0 amide bonds. The number of hydrogen-bond acceptors (Lipinski definition) is 0. The number of allylic oxidation sites excluding steroid dienone is 4. The number of benzene rings is 2. The Hall–Kier alpha value is -2.56. The molecule has 0 saturated heterocycles. The van der Waals surface area contributed by atoms with Gasteiger partial charge in [0, 0.05) is 0 Å². The predicted octanol–water partition coefficient (Wildman–Crippen LogP) is 7.22. The molecule has 2 unspecified atom stereocenters. The summed E-state index contributed by atoms with van der Waals surface area (Å²) in [5, 5.41) is 0. The molecule has 0 nitrogen and oxygen atoms in total. The summed E-state index contributed by atoms with van der Waals surface area (Å²) in [5.41, 5.74) is 0. The summed E-state index contributed by atoms with van der Waals surface area (Å²) in [6, 6.07) is 0. The van der Waals surface area contributed by atoms with Gasteiger partial charge in [0.1, 0.15) is 0 Å². The van der Waals surface area contributed by atoms with Gasteiger partial charge in [-0.05, 0) is 0 Å². The molecule has 1 aliphatic carbocycles. The van der Waals surface area contributed by atoms with Crippen molar-refractivity contribution < 1.29 is 70.2 Å². The Bertz CT molecular complexity index is 1270. The Morgan fingerprint density at radius 3 is 1.23 bits per heavy atom. The van der Waals surface area contributed by atoms with Crippen molar-refractivity contribution in [1.29, 1.82) is 0 Å². The molecule has 0 N–H and O–H groups in total. The van der Waals surface area contributed by atoms with E-state index in [1.165, 1.54) is 0 Å². The van der Waals surface area contributed by atoms with Gasteiger partial charge in [-0.2, -0.15) is 0 Å². The van der Waals surface area contributed by atoms with E-state index in [2.05, 4.69) is 0 Å². The maximum absolute atomic E-state index is 15.5. The molecule has 2 aromatic carbocycles. The minimum atomic E-state index is -6.90. The van der Waals surface area contributed by atoms with Crippen molar-refractivity contribution in [3.8, 4) is 0 Å². The standard InChI is InChI=1S/C10H9F6.2C6F5.Ga/c11-4-2-1-3-5-6(12)8(14)10(16)9(15)7(5)13;2*7-2-1-3(8)5(10)6(11)4(2)9;/h6H,1-4H2;;;. The Balaban J connectivity index is 2.67. The zero-order chi connectivity index (χ0) is 29.7. The molecule has 0 spiro atoms. The van der Waals surface area contributed by atoms with E-state index in [1.54, 1.807) is 0 Å². The van der Waals surface area contributed by atoms with E-state index in [1.807, 2.05) is 0 Å². The zero-order valence-electron chi connectivity index (χ0n) is 18.5. The van der Waals surface area contributed by atoms with Crippen LogP contribution in [0.4, 0.5) is 70.2 Å². The summed E-state index contributed by atoms with van der Waals surface area (Å²) in [6.07, 6.45) is -7.53. The second-order valence-corrected chi connectivity index (χ2v) is 14.6. The SMILES string of the molecule is FCCCC[C]1([Ga]([c]2c(F)c(F)c(F)c(F)c2F)[c]2c(F)c(F)c(F)c(F)c2F)C(F)=C(F)C(F)=C(F)C1F. The van der Waals surface area contributed by atoms with Crippen molar-refractivity contribution in [2.75, 3.05) is 6.67 Å². The molecule has 212 valence electrons. The van der Waals surface area contributed by atoms with Crippen LogP contribution in [-0.2, 0) is 0 Å². The first-order valence-electron chi connectivity index (χ1n) is 10.4. The van der Waals surface area contributed by atoms with E-state index in [-0.39, 0.29) is 0 Å². The van der Waals surface area contributed by atoms with Crippen molar-refractivity contribution >= 4 is 24.5 Å². The van der Waals surface area contributed by atoms with E-state index in [9.17, 15) is 61.5 Å². The summed E-state index contributed by atoms with van der Waals surface area (Å²) in [7, 11) is 0. The van der Waals surface area contributed by atoms with Gasteiger partial charge in [-0.1, -0.05) is 0 Å². The van der Waals surface area contributed by atoms with Crippen molar-refractivity contribution in [3.63, 3.8) is 0 Å². The first-order valence-corrected chi connectivity index (χ1v) is 14.1. The summed E-state index contributed by atoms with van der Waals surface area (Å²) < 4.78 is 221. The number of hydrogen-bond donors (Lipinski definition) is 0. The van der Waals surface area contributed by atoms with Crippen molar-refractivity contribution in [2.45, 2.75) is 29.4 Å². The van der Waals surface area contributed by atoms with Gasteiger partial charge in [-0.3, -0.25) is 0 Å². The van der Waals surface area contributed by atoms with Crippen LogP contribution in [0.1, 0.15) is 19.3 Å². The Morgan fingerprint density at radius 1 is 0.513 bits per heavy atom. The average molecular weight is 647 g/mol. The van der Waals surface area contributed by atoms with Crippen LogP contribution in [0.15, 0.2) is 23.3 Å². The molecule has 0 aliphatic heterocycles. The summed E-state index contributed by atoms with van der Waals surface area (Å²) in [6.45, 7) is -1.36.